The summed E-state index contributed by atoms with van der Waals surface area (Å²) in [5.74, 6) is -0.378. The molecule has 0 saturated carbocycles. The quantitative estimate of drug-likeness (QED) is 0.808. The van der Waals surface area contributed by atoms with Crippen LogP contribution in [-0.2, 0) is 7.05 Å². The summed E-state index contributed by atoms with van der Waals surface area (Å²) in [5, 5.41) is 7.05. The maximum atomic E-state index is 11.9. The first-order valence-corrected chi connectivity index (χ1v) is 5.58. The second-order valence-electron chi connectivity index (χ2n) is 3.89. The molecule has 2 aromatic rings. The highest BCUT2D eigenvalue weighted by Crippen LogP contribution is 2.17. The molecule has 0 aromatic carbocycles. The molecule has 2 rings (SSSR count). The van der Waals surface area contributed by atoms with Crippen LogP contribution in [0.25, 0.3) is 0 Å². The highest BCUT2D eigenvalue weighted by Gasteiger charge is 2.14. The van der Waals surface area contributed by atoms with Gasteiger partial charge >= 0.3 is 0 Å². The number of carbonyl (C=O) groups excluding carboxylic acids is 1. The first-order chi connectivity index (χ1) is 8.47. The van der Waals surface area contributed by atoms with Gasteiger partial charge in [-0.25, -0.2) is 4.98 Å². The van der Waals surface area contributed by atoms with Crippen LogP contribution in [0.5, 0.6) is 0 Å². The summed E-state index contributed by atoms with van der Waals surface area (Å²) < 4.78 is 1.48. The van der Waals surface area contributed by atoms with Gasteiger partial charge in [0, 0.05) is 13.2 Å². The molecule has 2 heterocycles. The van der Waals surface area contributed by atoms with Gasteiger partial charge in [-0.2, -0.15) is 5.10 Å². The Bertz CT molecular complexity index is 607. The number of aryl methyl sites for hydroxylation is 2. The number of hydrogen-bond acceptors (Lipinski definition) is 4. The Kier molecular flexibility index (Phi) is 3.20. The maximum absolute atomic E-state index is 11.9. The first-order valence-electron chi connectivity index (χ1n) is 5.20. The van der Waals surface area contributed by atoms with E-state index in [0.29, 0.717) is 16.5 Å². The number of nitrogens with zero attached hydrogens (tertiary/aromatic N) is 3. The number of anilines is 2. The molecule has 7 heteroatoms. The predicted molar refractivity (Wildman–Crippen MR) is 69.6 cm³/mol. The Labute approximate surface area is 109 Å². The Morgan fingerprint density at radius 1 is 1.56 bits per heavy atom. The van der Waals surface area contributed by atoms with Gasteiger partial charge < -0.3 is 11.1 Å². The molecule has 0 radical (unpaired) electrons. The topological polar surface area (TPSA) is 85.8 Å². The SMILES string of the molecule is Cc1cc(NC(=O)c2nn(C)cc2N)cnc1Cl. The Hall–Kier alpha value is -2.08. The monoisotopic (exact) mass is 265 g/mol. The molecule has 0 atom stereocenters. The van der Waals surface area contributed by atoms with Gasteiger partial charge in [-0.3, -0.25) is 9.48 Å². The van der Waals surface area contributed by atoms with Crippen LogP contribution >= 0.6 is 11.6 Å². The van der Waals surface area contributed by atoms with E-state index in [1.165, 1.54) is 10.9 Å². The maximum Gasteiger partial charge on any atom is 0.278 e. The molecule has 3 N–H and O–H groups in total. The summed E-state index contributed by atoms with van der Waals surface area (Å²) >= 11 is 5.80. The van der Waals surface area contributed by atoms with E-state index < -0.39 is 0 Å². The fraction of sp³-hybridized carbons (Fsp3) is 0.182. The summed E-state index contributed by atoms with van der Waals surface area (Å²) in [5.41, 5.74) is 7.51. The molecule has 2 aromatic heterocycles. The predicted octanol–water partition coefficient (Wildman–Crippen LogP) is 1.61. The molecule has 94 valence electrons. The van der Waals surface area contributed by atoms with Gasteiger partial charge in [-0.15, -0.1) is 0 Å². The van der Waals surface area contributed by atoms with Crippen LogP contribution < -0.4 is 11.1 Å². The standard InChI is InChI=1S/C11H12ClN5O/c1-6-3-7(4-14-10(6)12)15-11(18)9-8(13)5-17(2)16-9/h3-5H,13H2,1-2H3,(H,15,18). The van der Waals surface area contributed by atoms with E-state index in [9.17, 15) is 4.79 Å². The highest BCUT2D eigenvalue weighted by atomic mass is 35.5. The number of nitrogen functional groups attached to an aromatic ring is 1. The Morgan fingerprint density at radius 2 is 2.28 bits per heavy atom. The number of halogens is 1. The number of nitrogens with one attached hydrogen (secondary N) is 1. The molecule has 0 bridgehead atoms. The van der Waals surface area contributed by atoms with Crippen molar-refractivity contribution in [3.63, 3.8) is 0 Å². The molecule has 6 nitrogen and oxygen atoms in total. The third-order valence-electron chi connectivity index (χ3n) is 2.34. The molecule has 0 aliphatic heterocycles. The molecule has 0 saturated heterocycles. The van der Waals surface area contributed by atoms with Crippen LogP contribution in [0.3, 0.4) is 0 Å². The zero-order chi connectivity index (χ0) is 13.3. The van der Waals surface area contributed by atoms with Crippen LogP contribution in [-0.4, -0.2) is 20.7 Å². The normalized spacial score (nSPS) is 10.4. The average Bonchev–Trinajstić information content (AvgIpc) is 2.63. The second-order valence-corrected chi connectivity index (χ2v) is 4.25. The van der Waals surface area contributed by atoms with Gasteiger partial charge in [0.1, 0.15) is 5.15 Å². The zero-order valence-corrected chi connectivity index (χ0v) is 10.7. The molecule has 0 spiro atoms. The van der Waals surface area contributed by atoms with Crippen LogP contribution in [0, 0.1) is 6.92 Å². The van der Waals surface area contributed by atoms with Crippen molar-refractivity contribution in [3.05, 3.63) is 34.9 Å². The Morgan fingerprint density at radius 3 is 2.83 bits per heavy atom. The molecule has 1 amide bonds. The van der Waals surface area contributed by atoms with Crippen molar-refractivity contribution in [3.8, 4) is 0 Å². The molecule has 0 aliphatic rings. The minimum atomic E-state index is -0.378. The van der Waals surface area contributed by atoms with E-state index in [-0.39, 0.29) is 11.6 Å². The van der Waals surface area contributed by atoms with Crippen LogP contribution in [0.15, 0.2) is 18.5 Å². The summed E-state index contributed by atoms with van der Waals surface area (Å²) in [6, 6.07) is 1.73. The van der Waals surface area contributed by atoms with E-state index in [4.69, 9.17) is 17.3 Å². The fourth-order valence-corrected chi connectivity index (χ4v) is 1.60. The lowest BCUT2D eigenvalue weighted by atomic mass is 10.3. The number of aromatic nitrogens is 3. The van der Waals surface area contributed by atoms with Gasteiger partial charge in [0.05, 0.1) is 17.6 Å². The van der Waals surface area contributed by atoms with E-state index in [0.717, 1.165) is 5.56 Å². The van der Waals surface area contributed by atoms with Gasteiger partial charge in [0.2, 0.25) is 0 Å². The third kappa shape index (κ3) is 2.43. The smallest absolute Gasteiger partial charge is 0.278 e. The number of rotatable bonds is 2. The summed E-state index contributed by atoms with van der Waals surface area (Å²) in [6.07, 6.45) is 3.05. The molecule has 0 aliphatic carbocycles. The fourth-order valence-electron chi connectivity index (χ4n) is 1.50. The lowest BCUT2D eigenvalue weighted by molar-refractivity contribution is 0.102. The average molecular weight is 266 g/mol. The van der Waals surface area contributed by atoms with E-state index in [1.54, 1.807) is 26.2 Å². The highest BCUT2D eigenvalue weighted by molar-refractivity contribution is 6.30. The number of nitrogens with two attached hydrogens (primary N) is 1. The first kappa shape index (κ1) is 12.4. The van der Waals surface area contributed by atoms with Crippen LogP contribution in [0.1, 0.15) is 16.1 Å². The summed E-state index contributed by atoms with van der Waals surface area (Å²) in [4.78, 5) is 15.9. The number of pyridine rings is 1. The second kappa shape index (κ2) is 4.66. The zero-order valence-electron chi connectivity index (χ0n) is 9.94. The van der Waals surface area contributed by atoms with Crippen molar-refractivity contribution in [2.75, 3.05) is 11.1 Å². The molecule has 0 unspecified atom stereocenters. The lowest BCUT2D eigenvalue weighted by Crippen LogP contribution is -2.14. The van der Waals surface area contributed by atoms with Crippen LogP contribution in [0.4, 0.5) is 11.4 Å². The van der Waals surface area contributed by atoms with E-state index in [1.807, 2.05) is 0 Å². The third-order valence-corrected chi connectivity index (χ3v) is 2.74. The number of hydrogen-bond donors (Lipinski definition) is 2. The van der Waals surface area contributed by atoms with Crippen LogP contribution in [0.2, 0.25) is 5.15 Å². The number of amides is 1. The van der Waals surface area contributed by atoms with Gasteiger partial charge in [-0.1, -0.05) is 11.6 Å². The van der Waals surface area contributed by atoms with E-state index in [2.05, 4.69) is 15.4 Å². The van der Waals surface area contributed by atoms with Crippen molar-refractivity contribution in [2.24, 2.45) is 7.05 Å². The van der Waals surface area contributed by atoms with Crippen molar-refractivity contribution in [2.45, 2.75) is 6.92 Å². The minimum Gasteiger partial charge on any atom is -0.396 e. The Balaban J connectivity index is 2.21. The number of carbonyl (C=O) groups is 1. The van der Waals surface area contributed by atoms with E-state index >= 15 is 0 Å². The molecule has 18 heavy (non-hydrogen) atoms. The molecular formula is C11H12ClN5O. The van der Waals surface area contributed by atoms with Crippen molar-refractivity contribution in [1.29, 1.82) is 0 Å². The molecule has 0 fully saturated rings. The van der Waals surface area contributed by atoms with Crippen molar-refractivity contribution >= 4 is 28.9 Å². The molecular weight excluding hydrogens is 254 g/mol. The van der Waals surface area contributed by atoms with Gasteiger partial charge in [0.25, 0.3) is 5.91 Å². The summed E-state index contributed by atoms with van der Waals surface area (Å²) in [7, 11) is 1.70. The minimum absolute atomic E-state index is 0.185. The summed E-state index contributed by atoms with van der Waals surface area (Å²) in [6.45, 7) is 1.81. The van der Waals surface area contributed by atoms with Crippen molar-refractivity contribution in [1.82, 2.24) is 14.8 Å². The van der Waals surface area contributed by atoms with Crippen molar-refractivity contribution < 1.29 is 4.79 Å². The largest absolute Gasteiger partial charge is 0.396 e. The lowest BCUT2D eigenvalue weighted by Gasteiger charge is -2.05. The van der Waals surface area contributed by atoms with Gasteiger partial charge in [-0.05, 0) is 18.6 Å². The van der Waals surface area contributed by atoms with Gasteiger partial charge in [0.15, 0.2) is 5.69 Å².